The SMILES string of the molecule is CCc1c(C2(N=C=O)CCC2)cc2c(c1Br)OCO2. The van der Waals surface area contributed by atoms with E-state index in [1.807, 2.05) is 6.07 Å². The number of ether oxygens (including phenoxy) is 2. The number of benzene rings is 1. The first-order chi connectivity index (χ1) is 9.22. The number of hydrogen-bond acceptors (Lipinski definition) is 4. The van der Waals surface area contributed by atoms with Gasteiger partial charge in [-0.05, 0) is 58.8 Å². The molecule has 2 aliphatic rings. The van der Waals surface area contributed by atoms with Gasteiger partial charge in [0.05, 0.1) is 10.0 Å². The lowest BCUT2D eigenvalue weighted by molar-refractivity contribution is 0.173. The molecule has 0 spiro atoms. The zero-order chi connectivity index (χ0) is 13.5. The van der Waals surface area contributed by atoms with Crippen LogP contribution in [0, 0.1) is 0 Å². The molecular weight excluding hydrogens is 310 g/mol. The minimum atomic E-state index is -0.406. The van der Waals surface area contributed by atoms with Crippen molar-refractivity contribution in [2.75, 3.05) is 6.79 Å². The molecule has 5 heteroatoms. The summed E-state index contributed by atoms with van der Waals surface area (Å²) in [4.78, 5) is 14.8. The first-order valence-electron chi connectivity index (χ1n) is 6.42. The smallest absolute Gasteiger partial charge is 0.235 e. The summed E-state index contributed by atoms with van der Waals surface area (Å²) in [7, 11) is 0. The summed E-state index contributed by atoms with van der Waals surface area (Å²) >= 11 is 3.59. The Kier molecular flexibility index (Phi) is 3.11. The van der Waals surface area contributed by atoms with Crippen LogP contribution in [0.3, 0.4) is 0 Å². The predicted molar refractivity (Wildman–Crippen MR) is 73.3 cm³/mol. The fourth-order valence-corrected chi connectivity index (χ4v) is 3.65. The summed E-state index contributed by atoms with van der Waals surface area (Å²) in [5, 5.41) is 0. The summed E-state index contributed by atoms with van der Waals surface area (Å²) in [5.41, 5.74) is 1.81. The Morgan fingerprint density at radius 3 is 2.84 bits per heavy atom. The van der Waals surface area contributed by atoms with Crippen molar-refractivity contribution in [3.63, 3.8) is 0 Å². The quantitative estimate of drug-likeness (QED) is 0.632. The van der Waals surface area contributed by atoms with Crippen LogP contribution in [0.5, 0.6) is 11.5 Å². The maximum atomic E-state index is 10.7. The second-order valence-corrected chi connectivity index (χ2v) is 5.69. The standard InChI is InChI=1S/C14H14BrNO3/c1-2-9-10(14(16-7-17)4-3-5-14)6-11-13(12(9)15)19-8-18-11/h6H,2-5,8H2,1H3. The van der Waals surface area contributed by atoms with E-state index in [2.05, 4.69) is 27.8 Å². The Morgan fingerprint density at radius 1 is 1.47 bits per heavy atom. The van der Waals surface area contributed by atoms with Crippen LogP contribution < -0.4 is 9.47 Å². The van der Waals surface area contributed by atoms with Crippen molar-refractivity contribution >= 4 is 22.0 Å². The number of fused-ring (bicyclic) bond motifs is 1. The van der Waals surface area contributed by atoms with Crippen LogP contribution in [-0.2, 0) is 16.8 Å². The van der Waals surface area contributed by atoms with E-state index < -0.39 is 5.54 Å². The molecule has 1 aliphatic carbocycles. The van der Waals surface area contributed by atoms with Gasteiger partial charge in [-0.15, -0.1) is 0 Å². The maximum absolute atomic E-state index is 10.7. The summed E-state index contributed by atoms with van der Waals surface area (Å²) < 4.78 is 11.9. The number of nitrogens with zero attached hydrogens (tertiary/aromatic N) is 1. The van der Waals surface area contributed by atoms with Crippen LogP contribution in [0.4, 0.5) is 0 Å². The van der Waals surface area contributed by atoms with Gasteiger partial charge in [0.1, 0.15) is 0 Å². The van der Waals surface area contributed by atoms with Gasteiger partial charge in [0.25, 0.3) is 0 Å². The topological polar surface area (TPSA) is 47.9 Å². The molecule has 3 rings (SSSR count). The third kappa shape index (κ3) is 1.80. The van der Waals surface area contributed by atoms with Gasteiger partial charge in [0.2, 0.25) is 12.9 Å². The van der Waals surface area contributed by atoms with E-state index in [1.165, 1.54) is 0 Å². The molecule has 0 radical (unpaired) electrons. The van der Waals surface area contributed by atoms with E-state index in [0.29, 0.717) is 0 Å². The van der Waals surface area contributed by atoms with Crippen LogP contribution in [-0.4, -0.2) is 12.9 Å². The van der Waals surface area contributed by atoms with Crippen LogP contribution in [0.25, 0.3) is 0 Å². The molecule has 4 nitrogen and oxygen atoms in total. The van der Waals surface area contributed by atoms with E-state index >= 15 is 0 Å². The largest absolute Gasteiger partial charge is 0.454 e. The molecule has 0 aromatic heterocycles. The third-order valence-corrected chi connectivity index (χ3v) is 4.84. The molecule has 0 unspecified atom stereocenters. The van der Waals surface area contributed by atoms with Crippen LogP contribution in [0.15, 0.2) is 15.5 Å². The molecule has 100 valence electrons. The highest BCUT2D eigenvalue weighted by Gasteiger charge is 2.42. The second-order valence-electron chi connectivity index (χ2n) is 4.89. The van der Waals surface area contributed by atoms with E-state index in [-0.39, 0.29) is 6.79 Å². The zero-order valence-electron chi connectivity index (χ0n) is 10.7. The normalized spacial score (nSPS) is 18.6. The summed E-state index contributed by atoms with van der Waals surface area (Å²) in [5.74, 6) is 1.48. The Hall–Kier alpha value is -1.32. The van der Waals surface area contributed by atoms with Crippen molar-refractivity contribution in [3.05, 3.63) is 21.7 Å². The van der Waals surface area contributed by atoms with Gasteiger partial charge in [-0.2, -0.15) is 4.99 Å². The Balaban J connectivity index is 2.20. The number of rotatable bonds is 3. The average Bonchev–Trinajstić information content (AvgIpc) is 2.82. The van der Waals surface area contributed by atoms with Gasteiger partial charge in [0.15, 0.2) is 11.5 Å². The monoisotopic (exact) mass is 323 g/mol. The molecule has 0 saturated heterocycles. The van der Waals surface area contributed by atoms with Crippen molar-refractivity contribution in [1.29, 1.82) is 0 Å². The average molecular weight is 324 g/mol. The molecule has 1 aromatic carbocycles. The summed E-state index contributed by atoms with van der Waals surface area (Å²) in [6, 6.07) is 1.98. The van der Waals surface area contributed by atoms with E-state index in [9.17, 15) is 4.79 Å². The van der Waals surface area contributed by atoms with E-state index in [4.69, 9.17) is 9.47 Å². The lowest BCUT2D eigenvalue weighted by Gasteiger charge is -2.38. The van der Waals surface area contributed by atoms with Crippen molar-refractivity contribution in [2.45, 2.75) is 38.1 Å². The molecule has 0 amide bonds. The fraction of sp³-hybridized carbons (Fsp3) is 0.500. The van der Waals surface area contributed by atoms with Crippen molar-refractivity contribution in [2.24, 2.45) is 4.99 Å². The first kappa shape index (κ1) is 12.7. The molecule has 0 atom stereocenters. The highest BCUT2D eigenvalue weighted by atomic mass is 79.9. The Morgan fingerprint density at radius 2 is 2.26 bits per heavy atom. The second kappa shape index (κ2) is 4.66. The van der Waals surface area contributed by atoms with Crippen LogP contribution in [0.2, 0.25) is 0 Å². The molecule has 1 saturated carbocycles. The molecule has 0 N–H and O–H groups in total. The lowest BCUT2D eigenvalue weighted by atomic mass is 9.70. The molecule has 1 aromatic rings. The number of isocyanates is 1. The van der Waals surface area contributed by atoms with Gasteiger partial charge >= 0.3 is 0 Å². The lowest BCUT2D eigenvalue weighted by Crippen LogP contribution is -2.33. The number of aliphatic imine (C=N–C) groups is 1. The molecule has 1 aliphatic heterocycles. The van der Waals surface area contributed by atoms with Gasteiger partial charge in [0, 0.05) is 0 Å². The minimum Gasteiger partial charge on any atom is -0.454 e. The van der Waals surface area contributed by atoms with Crippen molar-refractivity contribution in [1.82, 2.24) is 0 Å². The predicted octanol–water partition coefficient (Wildman–Crippen LogP) is 3.46. The van der Waals surface area contributed by atoms with Gasteiger partial charge in [-0.3, -0.25) is 0 Å². The van der Waals surface area contributed by atoms with Crippen molar-refractivity contribution in [3.8, 4) is 11.5 Å². The highest BCUT2D eigenvalue weighted by Crippen LogP contribution is 2.52. The first-order valence-corrected chi connectivity index (χ1v) is 7.21. The molecule has 1 fully saturated rings. The third-order valence-electron chi connectivity index (χ3n) is 4.00. The van der Waals surface area contributed by atoms with Gasteiger partial charge < -0.3 is 9.47 Å². The fourth-order valence-electron chi connectivity index (χ4n) is 2.84. The zero-order valence-corrected chi connectivity index (χ0v) is 12.2. The Labute approximate surface area is 119 Å². The maximum Gasteiger partial charge on any atom is 0.235 e. The van der Waals surface area contributed by atoms with Gasteiger partial charge in [-0.25, -0.2) is 4.79 Å². The molecular formula is C14H14BrNO3. The van der Waals surface area contributed by atoms with E-state index in [0.717, 1.165) is 52.8 Å². The number of carbonyl (C=O) groups excluding carboxylic acids is 1. The molecule has 19 heavy (non-hydrogen) atoms. The minimum absolute atomic E-state index is 0.241. The highest BCUT2D eigenvalue weighted by molar-refractivity contribution is 9.10. The van der Waals surface area contributed by atoms with Crippen LogP contribution in [0.1, 0.15) is 37.3 Å². The summed E-state index contributed by atoms with van der Waals surface area (Å²) in [6.45, 7) is 2.33. The van der Waals surface area contributed by atoms with Crippen molar-refractivity contribution < 1.29 is 14.3 Å². The molecule has 1 heterocycles. The van der Waals surface area contributed by atoms with Crippen LogP contribution >= 0.6 is 15.9 Å². The summed E-state index contributed by atoms with van der Waals surface area (Å²) in [6.07, 6.45) is 5.45. The van der Waals surface area contributed by atoms with Gasteiger partial charge in [-0.1, -0.05) is 6.92 Å². The van der Waals surface area contributed by atoms with E-state index in [1.54, 1.807) is 6.08 Å². The number of hydrogen-bond donors (Lipinski definition) is 0. The Bertz CT molecular complexity index is 575. The molecule has 0 bridgehead atoms. The number of halogens is 1.